The van der Waals surface area contributed by atoms with E-state index in [0.29, 0.717) is 11.8 Å². The standard InChI is InChI=1S/C15H24BrNO/c16-3-1-14(18)17-4-2-15-8-11-5-12(9-15)7-13(6-11)10-15/h11-13H,1-10H2,(H,17,18). The molecule has 4 rings (SSSR count). The monoisotopic (exact) mass is 313 g/mol. The van der Waals surface area contributed by atoms with Crippen LogP contribution in [0.15, 0.2) is 0 Å². The van der Waals surface area contributed by atoms with Gasteiger partial charge in [0.15, 0.2) is 0 Å². The van der Waals surface area contributed by atoms with Crippen molar-refractivity contribution in [3.05, 3.63) is 0 Å². The Morgan fingerprint density at radius 1 is 1.11 bits per heavy atom. The van der Waals surface area contributed by atoms with E-state index in [9.17, 15) is 4.79 Å². The van der Waals surface area contributed by atoms with Crippen LogP contribution >= 0.6 is 15.9 Å². The van der Waals surface area contributed by atoms with Crippen LogP contribution in [0.5, 0.6) is 0 Å². The summed E-state index contributed by atoms with van der Waals surface area (Å²) in [7, 11) is 0. The number of halogens is 1. The predicted octanol–water partition coefficient (Wildman–Crippen LogP) is 3.49. The fourth-order valence-electron chi connectivity index (χ4n) is 5.24. The maximum atomic E-state index is 11.5. The van der Waals surface area contributed by atoms with Crippen LogP contribution in [0, 0.1) is 23.2 Å². The molecule has 0 saturated heterocycles. The Kier molecular flexibility index (Phi) is 3.70. The van der Waals surface area contributed by atoms with Crippen molar-refractivity contribution < 1.29 is 4.79 Å². The Hall–Kier alpha value is -0.0500. The Morgan fingerprint density at radius 2 is 1.67 bits per heavy atom. The van der Waals surface area contributed by atoms with Gasteiger partial charge in [-0.1, -0.05) is 15.9 Å². The quantitative estimate of drug-likeness (QED) is 0.773. The highest BCUT2D eigenvalue weighted by Crippen LogP contribution is 2.61. The molecule has 1 amide bonds. The zero-order chi connectivity index (χ0) is 12.6. The molecule has 0 atom stereocenters. The summed E-state index contributed by atoms with van der Waals surface area (Å²) < 4.78 is 0. The Morgan fingerprint density at radius 3 is 2.17 bits per heavy atom. The fraction of sp³-hybridized carbons (Fsp3) is 0.933. The third-order valence-electron chi connectivity index (χ3n) is 5.46. The molecule has 18 heavy (non-hydrogen) atoms. The molecule has 102 valence electrons. The van der Waals surface area contributed by atoms with Gasteiger partial charge in [0.05, 0.1) is 0 Å². The second kappa shape index (κ2) is 5.15. The lowest BCUT2D eigenvalue weighted by Gasteiger charge is -2.57. The molecule has 0 heterocycles. The first-order chi connectivity index (χ1) is 8.69. The van der Waals surface area contributed by atoms with E-state index in [1.807, 2.05) is 0 Å². The van der Waals surface area contributed by atoms with Crippen LogP contribution < -0.4 is 5.32 Å². The molecule has 0 aromatic carbocycles. The molecule has 0 aromatic heterocycles. The average Bonchev–Trinajstić information content (AvgIpc) is 2.26. The number of amides is 1. The first-order valence-corrected chi connectivity index (χ1v) is 8.64. The summed E-state index contributed by atoms with van der Waals surface area (Å²) >= 11 is 3.31. The summed E-state index contributed by atoms with van der Waals surface area (Å²) in [6.45, 7) is 0.901. The van der Waals surface area contributed by atoms with Gasteiger partial charge < -0.3 is 5.32 Å². The Balaban J connectivity index is 1.51. The zero-order valence-corrected chi connectivity index (χ0v) is 12.7. The van der Waals surface area contributed by atoms with Crippen molar-refractivity contribution >= 4 is 21.8 Å². The zero-order valence-electron chi connectivity index (χ0n) is 11.1. The molecule has 0 aromatic rings. The van der Waals surface area contributed by atoms with Gasteiger partial charge in [-0.15, -0.1) is 0 Å². The minimum atomic E-state index is 0.205. The average molecular weight is 314 g/mol. The Bertz CT molecular complexity index is 293. The minimum absolute atomic E-state index is 0.205. The molecule has 0 unspecified atom stereocenters. The van der Waals surface area contributed by atoms with Gasteiger partial charge in [0, 0.05) is 18.3 Å². The van der Waals surface area contributed by atoms with Crippen molar-refractivity contribution in [3.63, 3.8) is 0 Å². The lowest BCUT2D eigenvalue weighted by atomic mass is 9.49. The molecule has 4 aliphatic rings. The van der Waals surface area contributed by atoms with Crippen molar-refractivity contribution in [3.8, 4) is 0 Å². The molecule has 4 fully saturated rings. The van der Waals surface area contributed by atoms with E-state index in [-0.39, 0.29) is 5.91 Å². The van der Waals surface area contributed by atoms with Crippen molar-refractivity contribution in [2.45, 2.75) is 51.4 Å². The van der Waals surface area contributed by atoms with Gasteiger partial charge in [0.2, 0.25) is 5.91 Å². The fourth-order valence-corrected chi connectivity index (χ4v) is 5.60. The van der Waals surface area contributed by atoms with Gasteiger partial charge in [-0.25, -0.2) is 0 Å². The summed E-state index contributed by atoms with van der Waals surface area (Å²) in [6, 6.07) is 0. The van der Waals surface area contributed by atoms with Crippen molar-refractivity contribution in [2.24, 2.45) is 23.2 Å². The largest absolute Gasteiger partial charge is 0.356 e. The van der Waals surface area contributed by atoms with Gasteiger partial charge in [-0.2, -0.15) is 0 Å². The molecule has 0 aliphatic heterocycles. The molecule has 3 heteroatoms. The smallest absolute Gasteiger partial charge is 0.220 e. The first-order valence-electron chi connectivity index (χ1n) is 7.52. The van der Waals surface area contributed by atoms with Crippen molar-refractivity contribution in [2.75, 3.05) is 11.9 Å². The third kappa shape index (κ3) is 2.61. The number of carbonyl (C=O) groups excluding carboxylic acids is 1. The summed E-state index contributed by atoms with van der Waals surface area (Å²) in [5, 5.41) is 3.86. The summed E-state index contributed by atoms with van der Waals surface area (Å²) in [5.41, 5.74) is 0.608. The minimum Gasteiger partial charge on any atom is -0.356 e. The Labute approximate surface area is 118 Å². The van der Waals surface area contributed by atoms with E-state index in [0.717, 1.165) is 29.6 Å². The first kappa shape index (κ1) is 13.0. The second-order valence-corrected chi connectivity index (χ2v) is 7.75. The van der Waals surface area contributed by atoms with Crippen molar-refractivity contribution in [1.82, 2.24) is 5.32 Å². The van der Waals surface area contributed by atoms with Crippen LogP contribution in [-0.2, 0) is 4.79 Å². The summed E-state index contributed by atoms with van der Waals surface area (Å²) in [5.74, 6) is 3.27. The molecule has 4 saturated carbocycles. The lowest BCUT2D eigenvalue weighted by Crippen LogP contribution is -2.47. The van der Waals surface area contributed by atoms with Crippen LogP contribution in [0.2, 0.25) is 0 Å². The molecule has 4 bridgehead atoms. The van der Waals surface area contributed by atoms with Gasteiger partial charge in [0.1, 0.15) is 0 Å². The number of alkyl halides is 1. The third-order valence-corrected chi connectivity index (χ3v) is 5.86. The SMILES string of the molecule is O=C(CCBr)NCCC12CC3CC(CC(C3)C1)C2. The maximum absolute atomic E-state index is 11.5. The molecule has 0 spiro atoms. The summed E-state index contributed by atoms with van der Waals surface area (Å²) in [6.07, 6.45) is 10.7. The maximum Gasteiger partial charge on any atom is 0.220 e. The van der Waals surface area contributed by atoms with Gasteiger partial charge in [0.25, 0.3) is 0 Å². The summed E-state index contributed by atoms with van der Waals surface area (Å²) in [4.78, 5) is 11.5. The highest BCUT2D eigenvalue weighted by molar-refractivity contribution is 9.09. The topological polar surface area (TPSA) is 29.1 Å². The van der Waals surface area contributed by atoms with Crippen LogP contribution in [0.25, 0.3) is 0 Å². The van der Waals surface area contributed by atoms with Crippen LogP contribution in [0.1, 0.15) is 51.4 Å². The highest BCUT2D eigenvalue weighted by Gasteiger charge is 2.50. The normalized spacial score (nSPS) is 41.1. The van der Waals surface area contributed by atoms with Crippen LogP contribution in [0.3, 0.4) is 0 Å². The van der Waals surface area contributed by atoms with Gasteiger partial charge >= 0.3 is 0 Å². The molecule has 1 N–H and O–H groups in total. The second-order valence-electron chi connectivity index (χ2n) is 6.96. The number of hydrogen-bond acceptors (Lipinski definition) is 1. The predicted molar refractivity (Wildman–Crippen MR) is 76.6 cm³/mol. The van der Waals surface area contributed by atoms with E-state index in [1.54, 1.807) is 0 Å². The van der Waals surface area contributed by atoms with E-state index >= 15 is 0 Å². The molecule has 4 aliphatic carbocycles. The highest BCUT2D eigenvalue weighted by atomic mass is 79.9. The number of rotatable bonds is 5. The lowest BCUT2D eigenvalue weighted by molar-refractivity contribution is -0.121. The molecular weight excluding hydrogens is 290 g/mol. The van der Waals surface area contributed by atoms with Gasteiger partial charge in [-0.05, 0) is 68.1 Å². The number of nitrogens with one attached hydrogen (secondary N) is 1. The number of hydrogen-bond donors (Lipinski definition) is 1. The van der Waals surface area contributed by atoms with Gasteiger partial charge in [-0.3, -0.25) is 4.79 Å². The van der Waals surface area contributed by atoms with E-state index in [4.69, 9.17) is 0 Å². The van der Waals surface area contributed by atoms with Crippen LogP contribution in [-0.4, -0.2) is 17.8 Å². The number of carbonyl (C=O) groups is 1. The molecular formula is C15H24BrNO. The molecule has 0 radical (unpaired) electrons. The van der Waals surface area contributed by atoms with Crippen molar-refractivity contribution in [1.29, 1.82) is 0 Å². The van der Waals surface area contributed by atoms with E-state index in [2.05, 4.69) is 21.2 Å². The molecule has 2 nitrogen and oxygen atoms in total. The van der Waals surface area contributed by atoms with E-state index < -0.39 is 0 Å². The van der Waals surface area contributed by atoms with E-state index in [1.165, 1.54) is 44.9 Å². The van der Waals surface area contributed by atoms with Crippen LogP contribution in [0.4, 0.5) is 0 Å².